The first-order chi connectivity index (χ1) is 8.33. The molecule has 0 unspecified atom stereocenters. The molecule has 2 aromatic heterocycles. The molecule has 4 nitrogen and oxygen atoms in total. The first-order valence-electron chi connectivity index (χ1n) is 5.44. The smallest absolute Gasteiger partial charge is 0.222 e. The molecule has 1 aliphatic carbocycles. The zero-order valence-corrected chi connectivity index (χ0v) is 9.76. The topological polar surface area (TPSA) is 47.9 Å². The van der Waals surface area contributed by atoms with Gasteiger partial charge in [0.1, 0.15) is 5.82 Å². The minimum atomic E-state index is 0.332. The molecule has 2 aromatic rings. The van der Waals surface area contributed by atoms with Gasteiger partial charge in [-0.3, -0.25) is 0 Å². The maximum Gasteiger partial charge on any atom is 0.222 e. The predicted octanol–water partition coefficient (Wildman–Crippen LogP) is 3.19. The van der Waals surface area contributed by atoms with Crippen LogP contribution >= 0.6 is 11.6 Å². The summed E-state index contributed by atoms with van der Waals surface area (Å²) in [4.78, 5) is 12.5. The van der Waals surface area contributed by atoms with Gasteiger partial charge in [0.2, 0.25) is 5.88 Å². The van der Waals surface area contributed by atoms with E-state index in [0.29, 0.717) is 22.7 Å². The molecule has 0 bridgehead atoms. The van der Waals surface area contributed by atoms with Crippen molar-refractivity contribution < 1.29 is 4.74 Å². The number of rotatable bonds is 3. The van der Waals surface area contributed by atoms with Gasteiger partial charge < -0.3 is 4.74 Å². The number of aromatic nitrogens is 3. The molecule has 0 amide bonds. The first-order valence-corrected chi connectivity index (χ1v) is 5.82. The van der Waals surface area contributed by atoms with Gasteiger partial charge >= 0.3 is 0 Å². The van der Waals surface area contributed by atoms with E-state index in [0.717, 1.165) is 18.7 Å². The Morgan fingerprint density at radius 3 is 2.82 bits per heavy atom. The second-order valence-electron chi connectivity index (χ2n) is 3.92. The van der Waals surface area contributed by atoms with E-state index in [4.69, 9.17) is 16.3 Å². The number of hydrogen-bond donors (Lipinski definition) is 0. The quantitative estimate of drug-likeness (QED) is 0.782. The van der Waals surface area contributed by atoms with Crippen LogP contribution in [0.4, 0.5) is 0 Å². The van der Waals surface area contributed by atoms with Gasteiger partial charge in [0, 0.05) is 24.4 Å². The van der Waals surface area contributed by atoms with Crippen LogP contribution in [-0.4, -0.2) is 15.0 Å². The molecular formula is C12H10ClN3O. The van der Waals surface area contributed by atoms with E-state index < -0.39 is 0 Å². The van der Waals surface area contributed by atoms with E-state index >= 15 is 0 Å². The molecule has 17 heavy (non-hydrogen) atoms. The summed E-state index contributed by atoms with van der Waals surface area (Å²) in [6.45, 7) is 0. The van der Waals surface area contributed by atoms with Crippen molar-refractivity contribution in [2.24, 2.45) is 0 Å². The summed E-state index contributed by atoms with van der Waals surface area (Å²) in [5, 5.41) is 0.332. The molecule has 1 fully saturated rings. The zero-order valence-electron chi connectivity index (χ0n) is 9.01. The van der Waals surface area contributed by atoms with Crippen LogP contribution in [0.1, 0.15) is 24.6 Å². The summed E-state index contributed by atoms with van der Waals surface area (Å²) < 4.78 is 5.58. The Morgan fingerprint density at radius 1 is 1.18 bits per heavy atom. The fourth-order valence-electron chi connectivity index (χ4n) is 1.51. The molecule has 86 valence electrons. The Morgan fingerprint density at radius 2 is 2.06 bits per heavy atom. The lowest BCUT2D eigenvalue weighted by atomic mass is 10.4. The third kappa shape index (κ3) is 2.36. The molecule has 5 heteroatoms. The fraction of sp³-hybridized carbons (Fsp3) is 0.250. The average Bonchev–Trinajstić information content (AvgIpc) is 3.17. The van der Waals surface area contributed by atoms with Gasteiger partial charge in [-0.05, 0) is 25.0 Å². The molecule has 0 spiro atoms. The van der Waals surface area contributed by atoms with Crippen molar-refractivity contribution in [1.29, 1.82) is 0 Å². The second kappa shape index (κ2) is 4.30. The van der Waals surface area contributed by atoms with Crippen molar-refractivity contribution in [3.63, 3.8) is 0 Å². The third-order valence-corrected chi connectivity index (χ3v) is 2.81. The summed E-state index contributed by atoms with van der Waals surface area (Å²) >= 11 is 5.91. The lowest BCUT2D eigenvalue weighted by Crippen LogP contribution is -1.95. The molecule has 0 aromatic carbocycles. The van der Waals surface area contributed by atoms with Crippen molar-refractivity contribution in [3.8, 4) is 11.6 Å². The highest BCUT2D eigenvalue weighted by Crippen LogP contribution is 2.38. The van der Waals surface area contributed by atoms with Crippen LogP contribution < -0.4 is 4.74 Å². The Labute approximate surface area is 104 Å². The monoisotopic (exact) mass is 247 g/mol. The van der Waals surface area contributed by atoms with Gasteiger partial charge in [-0.25, -0.2) is 9.97 Å². The average molecular weight is 248 g/mol. The molecule has 0 radical (unpaired) electrons. The van der Waals surface area contributed by atoms with Crippen LogP contribution in [0.25, 0.3) is 0 Å². The van der Waals surface area contributed by atoms with Crippen LogP contribution in [0.2, 0.25) is 5.15 Å². The molecule has 1 aliphatic rings. The van der Waals surface area contributed by atoms with E-state index in [-0.39, 0.29) is 0 Å². The molecular weight excluding hydrogens is 238 g/mol. The van der Waals surface area contributed by atoms with Gasteiger partial charge in [-0.15, -0.1) is 0 Å². The highest BCUT2D eigenvalue weighted by atomic mass is 35.5. The van der Waals surface area contributed by atoms with Gasteiger partial charge in [0.05, 0.1) is 0 Å². The normalized spacial score (nSPS) is 14.6. The van der Waals surface area contributed by atoms with Crippen LogP contribution in [0.15, 0.2) is 30.6 Å². The summed E-state index contributed by atoms with van der Waals surface area (Å²) in [6.07, 6.45) is 5.65. The Bertz CT molecular complexity index is 543. The molecule has 2 heterocycles. The minimum absolute atomic E-state index is 0.332. The number of pyridine rings is 1. The van der Waals surface area contributed by atoms with Crippen LogP contribution in [0.5, 0.6) is 11.6 Å². The molecule has 0 atom stereocenters. The van der Waals surface area contributed by atoms with E-state index in [1.54, 1.807) is 30.6 Å². The Balaban J connectivity index is 1.85. The van der Waals surface area contributed by atoms with Gasteiger partial charge in [-0.1, -0.05) is 11.6 Å². The van der Waals surface area contributed by atoms with Gasteiger partial charge in [0.15, 0.2) is 10.9 Å². The standard InChI is InChI=1S/C12H10ClN3O/c13-11-9(2-1-6-14-11)17-10-5-7-15-12(16-10)8-3-4-8/h1-2,5-8H,3-4H2. The van der Waals surface area contributed by atoms with E-state index in [1.807, 2.05) is 0 Å². The van der Waals surface area contributed by atoms with E-state index in [2.05, 4.69) is 15.0 Å². The fourth-order valence-corrected chi connectivity index (χ4v) is 1.67. The largest absolute Gasteiger partial charge is 0.436 e. The molecule has 0 N–H and O–H groups in total. The summed E-state index contributed by atoms with van der Waals surface area (Å²) in [7, 11) is 0. The third-order valence-electron chi connectivity index (χ3n) is 2.53. The van der Waals surface area contributed by atoms with E-state index in [9.17, 15) is 0 Å². The minimum Gasteiger partial charge on any atom is -0.436 e. The van der Waals surface area contributed by atoms with Crippen molar-refractivity contribution in [2.45, 2.75) is 18.8 Å². The summed E-state index contributed by atoms with van der Waals surface area (Å²) in [5.41, 5.74) is 0. The summed E-state index contributed by atoms with van der Waals surface area (Å²) in [5.74, 6) is 2.37. The highest BCUT2D eigenvalue weighted by molar-refractivity contribution is 6.30. The maximum atomic E-state index is 5.91. The number of ether oxygens (including phenoxy) is 1. The number of nitrogens with zero attached hydrogens (tertiary/aromatic N) is 3. The lowest BCUT2D eigenvalue weighted by molar-refractivity contribution is 0.456. The Kier molecular flexibility index (Phi) is 2.65. The molecule has 3 rings (SSSR count). The van der Waals surface area contributed by atoms with Crippen molar-refractivity contribution in [2.75, 3.05) is 0 Å². The van der Waals surface area contributed by atoms with Crippen molar-refractivity contribution >= 4 is 11.6 Å². The Hall–Kier alpha value is -1.68. The number of halogens is 1. The SMILES string of the molecule is Clc1ncccc1Oc1ccnc(C2CC2)n1. The maximum absolute atomic E-state index is 5.91. The van der Waals surface area contributed by atoms with Crippen molar-refractivity contribution in [3.05, 3.63) is 41.6 Å². The van der Waals surface area contributed by atoms with E-state index in [1.165, 1.54) is 0 Å². The molecule has 0 aliphatic heterocycles. The zero-order chi connectivity index (χ0) is 11.7. The second-order valence-corrected chi connectivity index (χ2v) is 4.28. The van der Waals surface area contributed by atoms with Crippen LogP contribution in [0.3, 0.4) is 0 Å². The van der Waals surface area contributed by atoms with Crippen LogP contribution in [-0.2, 0) is 0 Å². The van der Waals surface area contributed by atoms with Gasteiger partial charge in [0.25, 0.3) is 0 Å². The molecule has 0 saturated heterocycles. The van der Waals surface area contributed by atoms with Gasteiger partial charge in [-0.2, -0.15) is 4.98 Å². The highest BCUT2D eigenvalue weighted by Gasteiger charge is 2.26. The van der Waals surface area contributed by atoms with Crippen molar-refractivity contribution in [1.82, 2.24) is 15.0 Å². The lowest BCUT2D eigenvalue weighted by Gasteiger charge is -2.06. The predicted molar refractivity (Wildman–Crippen MR) is 63.3 cm³/mol. The molecule has 1 saturated carbocycles. The summed E-state index contributed by atoms with van der Waals surface area (Å²) in [6, 6.07) is 5.24. The van der Waals surface area contributed by atoms with Crippen LogP contribution in [0, 0.1) is 0 Å². The number of hydrogen-bond acceptors (Lipinski definition) is 4. The first kappa shape index (κ1) is 10.5.